The Kier molecular flexibility index (Phi) is 4.97. The van der Waals surface area contributed by atoms with E-state index in [1.165, 1.54) is 12.1 Å². The summed E-state index contributed by atoms with van der Waals surface area (Å²) in [5.74, 6) is -0.241. The van der Waals surface area contributed by atoms with Crippen LogP contribution < -0.4 is 5.32 Å². The van der Waals surface area contributed by atoms with Crippen molar-refractivity contribution in [1.29, 1.82) is 0 Å². The highest BCUT2D eigenvalue weighted by molar-refractivity contribution is 9.10. The molecule has 1 atom stereocenters. The van der Waals surface area contributed by atoms with Crippen LogP contribution in [0.3, 0.4) is 0 Å². The van der Waals surface area contributed by atoms with Crippen LogP contribution in [0.25, 0.3) is 0 Å². The number of hydrogen-bond acceptors (Lipinski definition) is 1. The van der Waals surface area contributed by atoms with Crippen molar-refractivity contribution in [3.05, 3.63) is 68.9 Å². The minimum absolute atomic E-state index is 0.130. The van der Waals surface area contributed by atoms with Crippen molar-refractivity contribution >= 4 is 27.5 Å². The predicted molar refractivity (Wildman–Crippen MR) is 80.8 cm³/mol. The lowest BCUT2D eigenvalue weighted by atomic mass is 10.1. The minimum Gasteiger partial charge on any atom is -0.306 e. The molecule has 2 aromatic rings. The minimum atomic E-state index is -0.241. The van der Waals surface area contributed by atoms with Gasteiger partial charge in [-0.3, -0.25) is 0 Å². The fraction of sp³-hybridized carbons (Fsp3) is 0.200. The number of rotatable bonds is 4. The Morgan fingerprint density at radius 3 is 2.68 bits per heavy atom. The Balaban J connectivity index is 2.04. The molecule has 0 saturated heterocycles. The van der Waals surface area contributed by atoms with Gasteiger partial charge in [0.2, 0.25) is 0 Å². The van der Waals surface area contributed by atoms with Crippen LogP contribution in [0.5, 0.6) is 0 Å². The van der Waals surface area contributed by atoms with Gasteiger partial charge in [-0.05, 0) is 36.2 Å². The van der Waals surface area contributed by atoms with Gasteiger partial charge >= 0.3 is 0 Å². The second-order valence-corrected chi connectivity index (χ2v) is 5.62. The fourth-order valence-electron chi connectivity index (χ4n) is 1.86. The lowest BCUT2D eigenvalue weighted by Gasteiger charge is -2.16. The summed E-state index contributed by atoms with van der Waals surface area (Å²) in [5.41, 5.74) is 2.07. The first-order chi connectivity index (χ1) is 9.08. The maximum Gasteiger partial charge on any atom is 0.124 e. The Morgan fingerprint density at radius 2 is 2.00 bits per heavy atom. The molecule has 2 aromatic carbocycles. The number of nitrogens with one attached hydrogen (secondary N) is 1. The molecule has 1 N–H and O–H groups in total. The third kappa shape index (κ3) is 3.78. The van der Waals surface area contributed by atoms with Crippen LogP contribution in [0.1, 0.15) is 24.1 Å². The summed E-state index contributed by atoms with van der Waals surface area (Å²) >= 11 is 9.52. The highest BCUT2D eigenvalue weighted by Crippen LogP contribution is 2.23. The van der Waals surface area contributed by atoms with Gasteiger partial charge in [-0.15, -0.1) is 0 Å². The zero-order chi connectivity index (χ0) is 13.8. The molecule has 0 saturated carbocycles. The molecular weight excluding hydrogens is 329 g/mol. The van der Waals surface area contributed by atoms with Crippen LogP contribution in [0.4, 0.5) is 4.39 Å². The average Bonchev–Trinajstić information content (AvgIpc) is 2.38. The van der Waals surface area contributed by atoms with Crippen molar-refractivity contribution < 1.29 is 4.39 Å². The van der Waals surface area contributed by atoms with E-state index in [0.717, 1.165) is 20.6 Å². The largest absolute Gasteiger partial charge is 0.306 e. The zero-order valence-corrected chi connectivity index (χ0v) is 12.8. The molecule has 0 aliphatic rings. The van der Waals surface area contributed by atoms with Gasteiger partial charge in [-0.1, -0.05) is 51.8 Å². The fourth-order valence-corrected chi connectivity index (χ4v) is 2.65. The predicted octanol–water partition coefficient (Wildman–Crippen LogP) is 5.09. The average molecular weight is 343 g/mol. The molecule has 0 unspecified atom stereocenters. The molecule has 19 heavy (non-hydrogen) atoms. The van der Waals surface area contributed by atoms with Crippen molar-refractivity contribution in [2.45, 2.75) is 19.5 Å². The number of hydrogen-bond donors (Lipinski definition) is 1. The van der Waals surface area contributed by atoms with Gasteiger partial charge in [0.25, 0.3) is 0 Å². The van der Waals surface area contributed by atoms with Gasteiger partial charge in [0.1, 0.15) is 5.82 Å². The molecule has 0 bridgehead atoms. The normalized spacial score (nSPS) is 12.4. The van der Waals surface area contributed by atoms with E-state index in [1.807, 2.05) is 24.3 Å². The van der Waals surface area contributed by atoms with Gasteiger partial charge in [-0.25, -0.2) is 4.39 Å². The van der Waals surface area contributed by atoms with Crippen molar-refractivity contribution in [3.63, 3.8) is 0 Å². The molecule has 0 aliphatic heterocycles. The highest BCUT2D eigenvalue weighted by atomic mass is 79.9. The van der Waals surface area contributed by atoms with Crippen LogP contribution in [-0.4, -0.2) is 0 Å². The molecule has 0 aliphatic carbocycles. The van der Waals surface area contributed by atoms with E-state index in [2.05, 4.69) is 28.2 Å². The Bertz CT molecular complexity index is 574. The van der Waals surface area contributed by atoms with E-state index in [0.29, 0.717) is 6.54 Å². The Hall–Kier alpha value is -0.900. The van der Waals surface area contributed by atoms with Crippen molar-refractivity contribution in [3.8, 4) is 0 Å². The van der Waals surface area contributed by atoms with Gasteiger partial charge in [0.15, 0.2) is 0 Å². The third-order valence-electron chi connectivity index (χ3n) is 2.99. The molecule has 0 heterocycles. The van der Waals surface area contributed by atoms with E-state index < -0.39 is 0 Å². The molecule has 4 heteroatoms. The summed E-state index contributed by atoms with van der Waals surface area (Å²) in [4.78, 5) is 0. The maximum atomic E-state index is 13.0. The quantitative estimate of drug-likeness (QED) is 0.816. The summed E-state index contributed by atoms with van der Waals surface area (Å²) in [7, 11) is 0. The molecule has 0 fully saturated rings. The molecule has 0 radical (unpaired) electrons. The first-order valence-corrected chi connectivity index (χ1v) is 7.17. The number of benzene rings is 2. The lowest BCUT2D eigenvalue weighted by molar-refractivity contribution is 0.571. The van der Waals surface area contributed by atoms with Crippen molar-refractivity contribution in [2.75, 3.05) is 0 Å². The molecular formula is C15H14BrClFN. The summed E-state index contributed by atoms with van der Waals surface area (Å²) in [6, 6.07) is 12.6. The standard InChI is InChI=1S/C15H14BrClFN/c1-10(13-4-2-3-5-15(13)17)19-9-11-6-7-12(18)8-14(11)16/h2-8,10,19H,9H2,1H3/t10-/m1/s1. The summed E-state index contributed by atoms with van der Waals surface area (Å²) in [6.45, 7) is 2.70. The Labute approximate surface area is 125 Å². The van der Waals surface area contributed by atoms with Crippen LogP contribution in [0.2, 0.25) is 5.02 Å². The highest BCUT2D eigenvalue weighted by Gasteiger charge is 2.09. The van der Waals surface area contributed by atoms with Gasteiger partial charge in [0, 0.05) is 22.1 Å². The van der Waals surface area contributed by atoms with Crippen LogP contribution in [0.15, 0.2) is 46.9 Å². The van der Waals surface area contributed by atoms with E-state index in [4.69, 9.17) is 11.6 Å². The second kappa shape index (κ2) is 6.51. The first kappa shape index (κ1) is 14.5. The summed E-state index contributed by atoms with van der Waals surface area (Å²) in [6.07, 6.45) is 0. The molecule has 1 nitrogen and oxygen atoms in total. The van der Waals surface area contributed by atoms with Gasteiger partial charge < -0.3 is 5.32 Å². The smallest absolute Gasteiger partial charge is 0.124 e. The summed E-state index contributed by atoms with van der Waals surface area (Å²) < 4.78 is 13.8. The lowest BCUT2D eigenvalue weighted by Crippen LogP contribution is -2.18. The molecule has 2 rings (SSSR count). The third-order valence-corrected chi connectivity index (χ3v) is 4.07. The zero-order valence-electron chi connectivity index (χ0n) is 10.5. The molecule has 0 aromatic heterocycles. The van der Waals surface area contributed by atoms with Crippen molar-refractivity contribution in [2.24, 2.45) is 0 Å². The van der Waals surface area contributed by atoms with E-state index in [9.17, 15) is 4.39 Å². The van der Waals surface area contributed by atoms with Gasteiger partial charge in [-0.2, -0.15) is 0 Å². The van der Waals surface area contributed by atoms with Gasteiger partial charge in [0.05, 0.1) is 0 Å². The Morgan fingerprint density at radius 1 is 1.26 bits per heavy atom. The maximum absolute atomic E-state index is 13.0. The SMILES string of the molecule is C[C@@H](NCc1ccc(F)cc1Br)c1ccccc1Cl. The second-order valence-electron chi connectivity index (χ2n) is 4.36. The van der Waals surface area contributed by atoms with Crippen molar-refractivity contribution in [1.82, 2.24) is 5.32 Å². The topological polar surface area (TPSA) is 12.0 Å². The molecule has 100 valence electrons. The van der Waals surface area contributed by atoms with Crippen LogP contribution in [-0.2, 0) is 6.54 Å². The van der Waals surface area contributed by atoms with E-state index in [1.54, 1.807) is 6.07 Å². The summed E-state index contributed by atoms with van der Waals surface area (Å²) in [5, 5.41) is 4.13. The number of halogens is 3. The molecule has 0 spiro atoms. The molecule has 0 amide bonds. The van der Waals surface area contributed by atoms with Crippen LogP contribution in [0, 0.1) is 5.82 Å². The van der Waals surface area contributed by atoms with Crippen LogP contribution >= 0.6 is 27.5 Å². The van der Waals surface area contributed by atoms with E-state index in [-0.39, 0.29) is 11.9 Å². The first-order valence-electron chi connectivity index (χ1n) is 5.99. The monoisotopic (exact) mass is 341 g/mol. The van der Waals surface area contributed by atoms with E-state index >= 15 is 0 Å².